The molecule has 3 N–H and O–H groups in total. The maximum Gasteiger partial charge on any atom is 0.321 e. The molecule has 0 bridgehead atoms. The number of amides is 3. The van der Waals surface area contributed by atoms with Crippen LogP contribution in [-0.2, 0) is 13.0 Å². The second kappa shape index (κ2) is 9.51. The van der Waals surface area contributed by atoms with Crippen molar-refractivity contribution in [2.24, 2.45) is 0 Å². The fourth-order valence-electron chi connectivity index (χ4n) is 2.26. The summed E-state index contributed by atoms with van der Waals surface area (Å²) < 4.78 is 13.1. The Bertz CT molecular complexity index is 950. The molecule has 3 aromatic rings. The van der Waals surface area contributed by atoms with Crippen molar-refractivity contribution in [3.05, 3.63) is 71.0 Å². The molecule has 0 atom stereocenters. The molecule has 2 heterocycles. The van der Waals surface area contributed by atoms with Gasteiger partial charge in [-0.2, -0.15) is 0 Å². The third-order valence-electron chi connectivity index (χ3n) is 3.58. The molecule has 0 fully saturated rings. The zero-order valence-corrected chi connectivity index (χ0v) is 15.5. The van der Waals surface area contributed by atoms with Crippen molar-refractivity contribution in [1.29, 1.82) is 0 Å². The van der Waals surface area contributed by atoms with Gasteiger partial charge in [-0.3, -0.25) is 15.1 Å². The molecule has 0 radical (unpaired) electrons. The van der Waals surface area contributed by atoms with Gasteiger partial charge in [0.2, 0.25) is 0 Å². The summed E-state index contributed by atoms with van der Waals surface area (Å²) >= 11 is 1.28. The zero-order chi connectivity index (χ0) is 19.8. The summed E-state index contributed by atoms with van der Waals surface area (Å²) in [7, 11) is 0. The van der Waals surface area contributed by atoms with Gasteiger partial charge in [0.05, 0.1) is 11.9 Å². The second-order valence-corrected chi connectivity index (χ2v) is 6.54. The Balaban J connectivity index is 1.41. The Morgan fingerprint density at radius 2 is 2.07 bits per heavy atom. The Morgan fingerprint density at radius 3 is 2.86 bits per heavy atom. The van der Waals surface area contributed by atoms with E-state index in [-0.39, 0.29) is 24.0 Å². The summed E-state index contributed by atoms with van der Waals surface area (Å²) in [5.74, 6) is -0.658. The molecule has 144 valence electrons. The lowest BCUT2D eigenvalue weighted by molar-refractivity contribution is 0.0948. The van der Waals surface area contributed by atoms with Gasteiger partial charge < -0.3 is 10.6 Å². The lowest BCUT2D eigenvalue weighted by Crippen LogP contribution is -2.28. The number of anilines is 1. The lowest BCUT2D eigenvalue weighted by Gasteiger charge is -2.05. The van der Waals surface area contributed by atoms with Crippen molar-refractivity contribution in [3.63, 3.8) is 0 Å². The molecule has 0 saturated carbocycles. The van der Waals surface area contributed by atoms with Crippen molar-refractivity contribution in [2.75, 3.05) is 11.9 Å². The number of rotatable bonds is 7. The number of halogens is 1. The first-order valence-electron chi connectivity index (χ1n) is 8.38. The predicted molar refractivity (Wildman–Crippen MR) is 102 cm³/mol. The fourth-order valence-corrected chi connectivity index (χ4v) is 3.00. The molecule has 10 heteroatoms. The Labute approximate surface area is 164 Å². The Morgan fingerprint density at radius 1 is 1.18 bits per heavy atom. The van der Waals surface area contributed by atoms with Crippen LogP contribution in [0.25, 0.3) is 0 Å². The minimum atomic E-state index is -0.430. The molecule has 1 aromatic carbocycles. The van der Waals surface area contributed by atoms with Crippen molar-refractivity contribution in [1.82, 2.24) is 25.6 Å². The SMILES string of the molecule is O=C(NCc1cccc(F)c1)Nc1nc(CCNC(=O)c2cnccn2)cs1. The van der Waals surface area contributed by atoms with Crippen LogP contribution in [0.5, 0.6) is 0 Å². The van der Waals surface area contributed by atoms with E-state index in [2.05, 4.69) is 30.9 Å². The van der Waals surface area contributed by atoms with Crippen LogP contribution in [0.4, 0.5) is 14.3 Å². The maximum atomic E-state index is 13.1. The largest absolute Gasteiger partial charge is 0.350 e. The second-order valence-electron chi connectivity index (χ2n) is 5.68. The molecule has 0 spiro atoms. The maximum absolute atomic E-state index is 13.1. The summed E-state index contributed by atoms with van der Waals surface area (Å²) in [5, 5.41) is 10.2. The third-order valence-corrected chi connectivity index (χ3v) is 4.38. The average molecular weight is 400 g/mol. The summed E-state index contributed by atoms with van der Waals surface area (Å²) in [4.78, 5) is 35.9. The van der Waals surface area contributed by atoms with E-state index >= 15 is 0 Å². The monoisotopic (exact) mass is 400 g/mol. The van der Waals surface area contributed by atoms with Gasteiger partial charge in [-0.25, -0.2) is 19.2 Å². The van der Waals surface area contributed by atoms with Crippen LogP contribution in [-0.4, -0.2) is 33.4 Å². The molecule has 2 aromatic heterocycles. The van der Waals surface area contributed by atoms with E-state index in [0.29, 0.717) is 23.7 Å². The topological polar surface area (TPSA) is 109 Å². The van der Waals surface area contributed by atoms with Gasteiger partial charge >= 0.3 is 6.03 Å². The third kappa shape index (κ3) is 5.81. The van der Waals surface area contributed by atoms with Gasteiger partial charge in [0.15, 0.2) is 5.13 Å². The minimum absolute atomic E-state index is 0.205. The summed E-state index contributed by atoms with van der Waals surface area (Å²) in [5.41, 5.74) is 1.65. The van der Waals surface area contributed by atoms with Gasteiger partial charge in [-0.15, -0.1) is 11.3 Å². The number of carbonyl (C=O) groups is 2. The van der Waals surface area contributed by atoms with Gasteiger partial charge in [-0.05, 0) is 17.7 Å². The molecule has 3 rings (SSSR count). The van der Waals surface area contributed by atoms with E-state index < -0.39 is 6.03 Å². The number of aromatic nitrogens is 3. The molecule has 0 aliphatic rings. The number of benzene rings is 1. The number of nitrogens with one attached hydrogen (secondary N) is 3. The van der Waals surface area contributed by atoms with E-state index in [9.17, 15) is 14.0 Å². The number of carbonyl (C=O) groups excluding carboxylic acids is 2. The number of nitrogens with zero attached hydrogens (tertiary/aromatic N) is 3. The molecule has 0 aliphatic carbocycles. The van der Waals surface area contributed by atoms with Crippen LogP contribution in [0.2, 0.25) is 0 Å². The summed E-state index contributed by atoms with van der Waals surface area (Å²) in [6.45, 7) is 0.584. The molecule has 3 amide bonds. The van der Waals surface area contributed by atoms with Gasteiger partial charge in [-0.1, -0.05) is 12.1 Å². The first kappa shape index (κ1) is 19.4. The number of thiazole rings is 1. The first-order chi connectivity index (χ1) is 13.6. The highest BCUT2D eigenvalue weighted by Gasteiger charge is 2.09. The molecule has 0 saturated heterocycles. The van der Waals surface area contributed by atoms with Crippen LogP contribution in [0.15, 0.2) is 48.2 Å². The van der Waals surface area contributed by atoms with Gasteiger partial charge in [0.1, 0.15) is 11.5 Å². The van der Waals surface area contributed by atoms with Gasteiger partial charge in [0.25, 0.3) is 5.91 Å². The van der Waals surface area contributed by atoms with Crippen LogP contribution < -0.4 is 16.0 Å². The van der Waals surface area contributed by atoms with Crippen molar-refractivity contribution in [3.8, 4) is 0 Å². The van der Waals surface area contributed by atoms with E-state index in [1.165, 1.54) is 42.1 Å². The standard InChI is InChI=1S/C18H17FN6O2S/c19-13-3-1-2-12(8-13)9-23-17(27)25-18-24-14(11-28-18)4-5-22-16(26)15-10-20-6-7-21-15/h1-3,6-8,10-11H,4-5,9H2,(H,22,26)(H2,23,24,25,27). The quantitative estimate of drug-likeness (QED) is 0.564. The zero-order valence-electron chi connectivity index (χ0n) is 14.7. The van der Waals surface area contributed by atoms with Crippen LogP contribution in [0, 0.1) is 5.82 Å². The van der Waals surface area contributed by atoms with E-state index in [1.54, 1.807) is 17.5 Å². The van der Waals surface area contributed by atoms with Crippen molar-refractivity contribution >= 4 is 28.4 Å². The molecule has 8 nitrogen and oxygen atoms in total. The Kier molecular flexibility index (Phi) is 6.58. The van der Waals surface area contributed by atoms with E-state index in [0.717, 1.165) is 5.69 Å². The van der Waals surface area contributed by atoms with Crippen LogP contribution in [0.1, 0.15) is 21.7 Å². The smallest absolute Gasteiger partial charge is 0.321 e. The number of hydrogen-bond acceptors (Lipinski definition) is 6. The number of urea groups is 1. The molecule has 0 unspecified atom stereocenters. The summed E-state index contributed by atoms with van der Waals surface area (Å²) in [6.07, 6.45) is 4.85. The lowest BCUT2D eigenvalue weighted by atomic mass is 10.2. The fraction of sp³-hybridized carbons (Fsp3) is 0.167. The predicted octanol–water partition coefficient (Wildman–Crippen LogP) is 2.37. The highest BCUT2D eigenvalue weighted by molar-refractivity contribution is 7.13. The average Bonchev–Trinajstić information content (AvgIpc) is 3.14. The molecule has 28 heavy (non-hydrogen) atoms. The molecular formula is C18H17FN6O2S. The first-order valence-corrected chi connectivity index (χ1v) is 9.26. The highest BCUT2D eigenvalue weighted by atomic mass is 32.1. The summed E-state index contributed by atoms with van der Waals surface area (Å²) in [6, 6.07) is 5.58. The van der Waals surface area contributed by atoms with Crippen LogP contribution >= 0.6 is 11.3 Å². The van der Waals surface area contributed by atoms with Crippen molar-refractivity contribution < 1.29 is 14.0 Å². The highest BCUT2D eigenvalue weighted by Crippen LogP contribution is 2.15. The molecular weight excluding hydrogens is 383 g/mol. The van der Waals surface area contributed by atoms with Crippen molar-refractivity contribution in [2.45, 2.75) is 13.0 Å². The Hall–Kier alpha value is -3.40. The van der Waals surface area contributed by atoms with E-state index in [4.69, 9.17) is 0 Å². The van der Waals surface area contributed by atoms with Gasteiger partial charge in [0, 0.05) is 37.3 Å². The number of hydrogen-bond donors (Lipinski definition) is 3. The normalized spacial score (nSPS) is 10.3. The molecule has 0 aliphatic heterocycles. The van der Waals surface area contributed by atoms with Crippen LogP contribution in [0.3, 0.4) is 0 Å². The van der Waals surface area contributed by atoms with E-state index in [1.807, 2.05) is 0 Å². The minimum Gasteiger partial charge on any atom is -0.350 e.